The van der Waals surface area contributed by atoms with E-state index in [-0.39, 0.29) is 17.1 Å². The van der Waals surface area contributed by atoms with Crippen molar-refractivity contribution in [1.82, 2.24) is 10.3 Å². The van der Waals surface area contributed by atoms with Crippen LogP contribution in [0.3, 0.4) is 0 Å². The minimum atomic E-state index is -0.0450. The first-order valence-corrected chi connectivity index (χ1v) is 12.3. The predicted octanol–water partition coefficient (Wildman–Crippen LogP) is 5.91. The summed E-state index contributed by atoms with van der Waals surface area (Å²) in [4.78, 5) is 18.3. The second-order valence-corrected chi connectivity index (χ2v) is 10.2. The molecule has 3 aliphatic carbocycles. The topological polar surface area (TPSA) is 36.7 Å². The number of nitrogens with one attached hydrogen (secondary N) is 1. The van der Waals surface area contributed by atoms with Gasteiger partial charge in [-0.1, -0.05) is 24.5 Å². The SMILES string of the molecule is C#[N+]N/C=C1\C[C@@]2(C)CCC3c4cccc(F)c4CCC3C2[C@@H]1CCC(=O)N(CC)CC. The number of nitrogens with zero attached hydrogens (tertiary/aromatic N) is 2. The summed E-state index contributed by atoms with van der Waals surface area (Å²) < 4.78 is 14.5. The van der Waals surface area contributed by atoms with Crippen molar-refractivity contribution in [3.63, 3.8) is 0 Å². The molecule has 1 amide bonds. The molecule has 1 aromatic rings. The van der Waals surface area contributed by atoms with E-state index in [1.54, 1.807) is 6.07 Å². The Morgan fingerprint density at radius 3 is 2.84 bits per heavy atom. The highest BCUT2D eigenvalue weighted by Crippen LogP contribution is 2.65. The van der Waals surface area contributed by atoms with Crippen molar-refractivity contribution in [2.45, 2.75) is 71.6 Å². The van der Waals surface area contributed by atoms with Gasteiger partial charge in [-0.15, -0.1) is 0 Å². The van der Waals surface area contributed by atoms with E-state index in [1.165, 1.54) is 11.1 Å². The third kappa shape index (κ3) is 3.93. The largest absolute Gasteiger partial charge is 0.343 e. The lowest BCUT2D eigenvalue weighted by Crippen LogP contribution is -2.42. The minimum Gasteiger partial charge on any atom is -0.343 e. The number of amides is 1. The van der Waals surface area contributed by atoms with Gasteiger partial charge in [-0.2, -0.15) is 0 Å². The van der Waals surface area contributed by atoms with Crippen LogP contribution < -0.4 is 5.43 Å². The number of halogens is 1. The van der Waals surface area contributed by atoms with Crippen molar-refractivity contribution in [3.05, 3.63) is 51.9 Å². The van der Waals surface area contributed by atoms with Crippen LogP contribution >= 0.6 is 0 Å². The van der Waals surface area contributed by atoms with Crippen molar-refractivity contribution in [3.8, 4) is 6.57 Å². The smallest absolute Gasteiger partial charge is 0.305 e. The van der Waals surface area contributed by atoms with E-state index in [0.717, 1.165) is 57.2 Å². The number of fused-ring (bicyclic) bond motifs is 5. The van der Waals surface area contributed by atoms with Crippen molar-refractivity contribution in [2.75, 3.05) is 13.1 Å². The molecule has 4 rings (SSSR count). The Kier molecular flexibility index (Phi) is 6.60. The van der Waals surface area contributed by atoms with Gasteiger partial charge in [0.05, 0.1) is 11.2 Å². The monoisotopic (exact) mass is 438 g/mol. The lowest BCUT2D eigenvalue weighted by atomic mass is 9.54. The molecule has 172 valence electrons. The average molecular weight is 439 g/mol. The number of hydrogen-bond acceptors (Lipinski definition) is 2. The van der Waals surface area contributed by atoms with Gasteiger partial charge in [0, 0.05) is 19.5 Å². The second kappa shape index (κ2) is 9.25. The van der Waals surface area contributed by atoms with E-state index in [1.807, 2.05) is 31.0 Å². The number of carbonyl (C=O) groups is 1. The molecule has 0 aromatic heterocycles. The maximum absolute atomic E-state index is 14.5. The first-order valence-electron chi connectivity index (χ1n) is 12.3. The van der Waals surface area contributed by atoms with Crippen molar-refractivity contribution >= 4 is 5.91 Å². The first-order chi connectivity index (χ1) is 15.4. The van der Waals surface area contributed by atoms with Gasteiger partial charge in [-0.3, -0.25) is 4.79 Å². The molecule has 0 aliphatic heterocycles. The van der Waals surface area contributed by atoms with Crippen molar-refractivity contribution in [1.29, 1.82) is 0 Å². The zero-order valence-electron chi connectivity index (χ0n) is 19.7. The van der Waals surface area contributed by atoms with Crippen LogP contribution in [0.1, 0.15) is 76.3 Å². The van der Waals surface area contributed by atoms with Gasteiger partial charge in [0.25, 0.3) is 0 Å². The fraction of sp³-hybridized carbons (Fsp3) is 0.630. The maximum atomic E-state index is 14.5. The Hall–Kier alpha value is -2.35. The van der Waals surface area contributed by atoms with Gasteiger partial charge in [-0.05, 0) is 104 Å². The fourth-order valence-corrected chi connectivity index (χ4v) is 7.37. The minimum absolute atomic E-state index is 0.0450. The van der Waals surface area contributed by atoms with Crippen LogP contribution in [0.4, 0.5) is 4.39 Å². The van der Waals surface area contributed by atoms with Gasteiger partial charge in [0.15, 0.2) is 0 Å². The third-order valence-electron chi connectivity index (χ3n) is 8.72. The molecule has 3 aliphatic rings. The molecule has 2 fully saturated rings. The molecular weight excluding hydrogens is 401 g/mol. The predicted molar refractivity (Wildman–Crippen MR) is 127 cm³/mol. The summed E-state index contributed by atoms with van der Waals surface area (Å²) in [5, 5.41) is 0. The van der Waals surface area contributed by atoms with Crippen LogP contribution in [0.15, 0.2) is 30.0 Å². The molecule has 3 unspecified atom stereocenters. The third-order valence-corrected chi connectivity index (χ3v) is 8.72. The molecule has 1 aromatic carbocycles. The molecular formula is C27H37FN3O+. The summed E-state index contributed by atoms with van der Waals surface area (Å²) in [6.45, 7) is 13.4. The highest BCUT2D eigenvalue weighted by Gasteiger charge is 2.56. The molecule has 32 heavy (non-hydrogen) atoms. The van der Waals surface area contributed by atoms with Crippen molar-refractivity contribution < 1.29 is 9.18 Å². The van der Waals surface area contributed by atoms with Gasteiger partial charge in [-0.25, -0.2) is 4.39 Å². The van der Waals surface area contributed by atoms with E-state index in [2.05, 4.69) is 23.4 Å². The lowest BCUT2D eigenvalue weighted by molar-refractivity contribution is -0.131. The Morgan fingerprint density at radius 2 is 2.12 bits per heavy atom. The number of allylic oxidation sites excluding steroid dienone is 1. The quantitative estimate of drug-likeness (QED) is 0.561. The molecule has 5 heteroatoms. The van der Waals surface area contributed by atoms with E-state index < -0.39 is 0 Å². The van der Waals surface area contributed by atoms with Crippen LogP contribution in [0, 0.1) is 35.6 Å². The fourth-order valence-electron chi connectivity index (χ4n) is 7.37. The highest BCUT2D eigenvalue weighted by molar-refractivity contribution is 5.76. The van der Waals surface area contributed by atoms with Crippen LogP contribution in [0.2, 0.25) is 0 Å². The Balaban J connectivity index is 1.64. The Bertz CT molecular complexity index is 931. The van der Waals surface area contributed by atoms with E-state index in [0.29, 0.717) is 30.1 Å². The highest BCUT2D eigenvalue weighted by atomic mass is 19.1. The Morgan fingerprint density at radius 1 is 1.34 bits per heavy atom. The molecule has 0 bridgehead atoms. The average Bonchev–Trinajstić information content (AvgIpc) is 3.08. The molecule has 2 saturated carbocycles. The summed E-state index contributed by atoms with van der Waals surface area (Å²) >= 11 is 0. The van der Waals surface area contributed by atoms with Gasteiger partial charge < -0.3 is 4.90 Å². The van der Waals surface area contributed by atoms with Crippen LogP contribution in [0.25, 0.3) is 4.95 Å². The number of rotatable bonds is 6. The standard InChI is InChI=1S/C27H37FN3O/c1-5-31(6-2)25(32)13-12-19-18(17-30-29-4)16-27(3)15-14-21-20-8-7-9-24(28)22(20)10-11-23(21)26(19)27/h4,7-9,17,19,21,23,26,30H,5-6,10-16H2,1-3H3/q+1/b18-17+/t19-,21?,23?,26?,27-/m1/s1. The van der Waals surface area contributed by atoms with Gasteiger partial charge in [0.2, 0.25) is 5.91 Å². The first kappa shape index (κ1) is 22.8. The maximum Gasteiger partial charge on any atom is 0.305 e. The van der Waals surface area contributed by atoms with E-state index in [4.69, 9.17) is 6.57 Å². The molecule has 4 nitrogen and oxygen atoms in total. The normalized spacial score (nSPS) is 31.9. The molecule has 1 N–H and O–H groups in total. The number of carbonyl (C=O) groups excluding carboxylic acids is 1. The van der Waals surface area contributed by atoms with Gasteiger partial charge in [0.1, 0.15) is 5.82 Å². The zero-order chi connectivity index (χ0) is 22.9. The van der Waals surface area contributed by atoms with Crippen LogP contribution in [0.5, 0.6) is 0 Å². The van der Waals surface area contributed by atoms with Gasteiger partial charge >= 0.3 is 6.57 Å². The summed E-state index contributed by atoms with van der Waals surface area (Å²) in [5.41, 5.74) is 6.58. The molecule has 0 spiro atoms. The van der Waals surface area contributed by atoms with E-state index >= 15 is 0 Å². The van der Waals surface area contributed by atoms with Crippen LogP contribution in [-0.4, -0.2) is 23.9 Å². The number of hydrogen-bond donors (Lipinski definition) is 1. The Labute approximate surface area is 192 Å². The number of benzene rings is 1. The lowest BCUT2D eigenvalue weighted by Gasteiger charge is -2.50. The summed E-state index contributed by atoms with van der Waals surface area (Å²) in [5.74, 6) is 1.96. The van der Waals surface area contributed by atoms with E-state index in [9.17, 15) is 9.18 Å². The summed E-state index contributed by atoms with van der Waals surface area (Å²) in [7, 11) is 0. The second-order valence-electron chi connectivity index (χ2n) is 10.2. The summed E-state index contributed by atoms with van der Waals surface area (Å²) in [6, 6.07) is 5.63. The molecule has 0 radical (unpaired) electrons. The molecule has 0 saturated heterocycles. The van der Waals surface area contributed by atoms with Crippen molar-refractivity contribution in [2.24, 2.45) is 23.2 Å². The van der Waals surface area contributed by atoms with Crippen LogP contribution in [-0.2, 0) is 11.2 Å². The zero-order valence-corrected chi connectivity index (χ0v) is 19.7. The molecule has 0 heterocycles. The summed E-state index contributed by atoms with van der Waals surface area (Å²) in [6.07, 6.45) is 8.50. The molecule has 5 atom stereocenters.